The molecule has 0 radical (unpaired) electrons. The molecule has 0 aromatic heterocycles. The van der Waals surface area contributed by atoms with Gasteiger partial charge >= 0.3 is 0 Å². The summed E-state index contributed by atoms with van der Waals surface area (Å²) in [4.78, 5) is 20.1. The van der Waals surface area contributed by atoms with E-state index >= 15 is 0 Å². The monoisotopic (exact) mass is 353 g/mol. The van der Waals surface area contributed by atoms with Crippen LogP contribution in [0.25, 0.3) is 0 Å². The molecule has 23 heavy (non-hydrogen) atoms. The normalized spacial score (nSPS) is 23.7. The standard InChI is InChI=1S/C16H17Cl2N3O2/c17-8-12-1-3-15(19-12)10-5-11(7-14(6-10)21(22)23)16-4-2-13(9-18)20-16/h5-7,15-16H,1-4,8-9H2. The maximum Gasteiger partial charge on any atom is 0.270 e. The van der Waals surface area contributed by atoms with Crippen LogP contribution in [0.1, 0.15) is 48.9 Å². The molecule has 0 saturated heterocycles. The lowest BCUT2D eigenvalue weighted by Gasteiger charge is -2.12. The Kier molecular flexibility index (Phi) is 4.97. The number of nitro benzene ring substituents is 1. The molecule has 2 aliphatic rings. The highest BCUT2D eigenvalue weighted by molar-refractivity contribution is 6.29. The summed E-state index contributed by atoms with van der Waals surface area (Å²) < 4.78 is 0. The van der Waals surface area contributed by atoms with Gasteiger partial charge in [-0.3, -0.25) is 20.1 Å². The van der Waals surface area contributed by atoms with Crippen LogP contribution in [0.3, 0.4) is 0 Å². The zero-order valence-electron chi connectivity index (χ0n) is 12.5. The average molecular weight is 354 g/mol. The van der Waals surface area contributed by atoms with E-state index in [1.54, 1.807) is 12.1 Å². The molecule has 122 valence electrons. The van der Waals surface area contributed by atoms with Crippen molar-refractivity contribution in [1.82, 2.24) is 0 Å². The summed E-state index contributed by atoms with van der Waals surface area (Å²) in [5, 5.41) is 11.3. The molecule has 1 aromatic carbocycles. The summed E-state index contributed by atoms with van der Waals surface area (Å²) in [7, 11) is 0. The van der Waals surface area contributed by atoms with Crippen LogP contribution >= 0.6 is 23.2 Å². The molecule has 7 heteroatoms. The summed E-state index contributed by atoms with van der Waals surface area (Å²) in [5.74, 6) is 0.842. The predicted octanol–water partition coefficient (Wildman–Crippen LogP) is 4.62. The van der Waals surface area contributed by atoms with Crippen molar-refractivity contribution in [3.8, 4) is 0 Å². The maximum atomic E-state index is 11.3. The van der Waals surface area contributed by atoms with E-state index in [9.17, 15) is 10.1 Å². The number of non-ortho nitro benzene ring substituents is 1. The van der Waals surface area contributed by atoms with Gasteiger partial charge in [-0.2, -0.15) is 0 Å². The van der Waals surface area contributed by atoms with Gasteiger partial charge in [0.15, 0.2) is 0 Å². The number of benzene rings is 1. The first kappa shape index (κ1) is 16.4. The van der Waals surface area contributed by atoms with Crippen LogP contribution in [0, 0.1) is 10.1 Å². The Morgan fingerprint density at radius 3 is 1.83 bits per heavy atom. The van der Waals surface area contributed by atoms with Crippen molar-refractivity contribution in [3.05, 3.63) is 39.4 Å². The topological polar surface area (TPSA) is 67.9 Å². The molecule has 0 saturated carbocycles. The summed E-state index contributed by atoms with van der Waals surface area (Å²) >= 11 is 11.7. The first-order chi connectivity index (χ1) is 11.1. The van der Waals surface area contributed by atoms with Crippen LogP contribution in [0.4, 0.5) is 5.69 Å². The molecular formula is C16H17Cl2N3O2. The third kappa shape index (κ3) is 3.56. The van der Waals surface area contributed by atoms with E-state index in [2.05, 4.69) is 9.98 Å². The fraction of sp³-hybridized carbons (Fsp3) is 0.500. The van der Waals surface area contributed by atoms with Crippen LogP contribution < -0.4 is 0 Å². The highest BCUT2D eigenvalue weighted by Gasteiger charge is 2.25. The second-order valence-corrected chi connectivity index (χ2v) is 6.42. The molecule has 0 fully saturated rings. The molecule has 2 aliphatic heterocycles. The van der Waals surface area contributed by atoms with E-state index in [1.807, 2.05) is 6.07 Å². The molecule has 0 amide bonds. The highest BCUT2D eigenvalue weighted by atomic mass is 35.5. The van der Waals surface area contributed by atoms with E-state index in [0.29, 0.717) is 11.8 Å². The Hall–Kier alpha value is -1.46. The van der Waals surface area contributed by atoms with Gasteiger partial charge in [-0.1, -0.05) is 6.07 Å². The number of hydrogen-bond acceptors (Lipinski definition) is 4. The van der Waals surface area contributed by atoms with E-state index in [4.69, 9.17) is 23.2 Å². The molecule has 0 aliphatic carbocycles. The zero-order valence-corrected chi connectivity index (χ0v) is 14.1. The van der Waals surface area contributed by atoms with Crippen molar-refractivity contribution in [1.29, 1.82) is 0 Å². The van der Waals surface area contributed by atoms with Gasteiger partial charge in [-0.05, 0) is 36.8 Å². The first-order valence-corrected chi connectivity index (χ1v) is 8.70. The third-order valence-corrected chi connectivity index (χ3v) is 4.96. The van der Waals surface area contributed by atoms with Gasteiger partial charge in [0.05, 0.1) is 28.8 Å². The van der Waals surface area contributed by atoms with Gasteiger partial charge in [0.2, 0.25) is 0 Å². The molecule has 5 nitrogen and oxygen atoms in total. The van der Waals surface area contributed by atoms with Crippen LogP contribution in [0.2, 0.25) is 0 Å². The third-order valence-electron chi connectivity index (χ3n) is 4.34. The van der Waals surface area contributed by atoms with E-state index in [1.165, 1.54) is 0 Å². The van der Waals surface area contributed by atoms with Crippen LogP contribution in [-0.2, 0) is 0 Å². The summed E-state index contributed by atoms with van der Waals surface area (Å²) in [6.45, 7) is 0. The van der Waals surface area contributed by atoms with Crippen molar-refractivity contribution in [2.24, 2.45) is 9.98 Å². The lowest BCUT2D eigenvalue weighted by Crippen LogP contribution is -2.00. The fourth-order valence-corrected chi connectivity index (χ4v) is 3.55. The van der Waals surface area contributed by atoms with Crippen LogP contribution in [0.5, 0.6) is 0 Å². The molecule has 0 bridgehead atoms. The number of rotatable bonds is 5. The van der Waals surface area contributed by atoms with Crippen LogP contribution in [-0.4, -0.2) is 28.1 Å². The lowest BCUT2D eigenvalue weighted by molar-refractivity contribution is -0.385. The van der Waals surface area contributed by atoms with Crippen molar-refractivity contribution in [2.45, 2.75) is 37.8 Å². The van der Waals surface area contributed by atoms with Crippen LogP contribution in [0.15, 0.2) is 28.2 Å². The number of nitro groups is 1. The summed E-state index contributed by atoms with van der Waals surface area (Å²) in [5.41, 5.74) is 3.79. The molecule has 0 N–H and O–H groups in total. The second-order valence-electron chi connectivity index (χ2n) is 5.88. The Balaban J connectivity index is 1.96. The van der Waals surface area contributed by atoms with Crippen molar-refractivity contribution < 1.29 is 4.92 Å². The Morgan fingerprint density at radius 2 is 1.48 bits per heavy atom. The number of alkyl halides is 2. The minimum absolute atomic E-state index is 0.0414. The molecule has 2 heterocycles. The van der Waals surface area contributed by atoms with Gasteiger partial charge in [0, 0.05) is 23.6 Å². The quantitative estimate of drug-likeness (QED) is 0.440. The number of aliphatic imine (C=N–C) groups is 2. The van der Waals surface area contributed by atoms with Crippen molar-refractivity contribution in [2.75, 3.05) is 11.8 Å². The van der Waals surface area contributed by atoms with Crippen molar-refractivity contribution >= 4 is 40.3 Å². The highest BCUT2D eigenvalue weighted by Crippen LogP contribution is 2.36. The lowest BCUT2D eigenvalue weighted by atomic mass is 9.97. The van der Waals surface area contributed by atoms with Gasteiger partial charge in [0.1, 0.15) is 0 Å². The SMILES string of the molecule is O=[N+]([O-])c1cc(C2CCC(CCl)=N2)cc(C2CCC(CCl)=N2)c1. The Labute approximate surface area is 144 Å². The Bertz CT molecular complexity index is 640. The fourth-order valence-electron chi connectivity index (χ4n) is 3.14. The van der Waals surface area contributed by atoms with E-state index in [0.717, 1.165) is 48.2 Å². The second kappa shape index (κ2) is 6.97. The smallest absolute Gasteiger partial charge is 0.270 e. The van der Waals surface area contributed by atoms with E-state index in [-0.39, 0.29) is 22.7 Å². The number of hydrogen-bond donors (Lipinski definition) is 0. The molecule has 3 rings (SSSR count). The minimum atomic E-state index is -0.352. The minimum Gasteiger partial charge on any atom is -0.285 e. The largest absolute Gasteiger partial charge is 0.285 e. The number of nitrogens with zero attached hydrogens (tertiary/aromatic N) is 3. The van der Waals surface area contributed by atoms with Crippen molar-refractivity contribution in [3.63, 3.8) is 0 Å². The maximum absolute atomic E-state index is 11.3. The van der Waals surface area contributed by atoms with Gasteiger partial charge < -0.3 is 0 Å². The molecule has 2 atom stereocenters. The van der Waals surface area contributed by atoms with Gasteiger partial charge in [-0.15, -0.1) is 23.2 Å². The number of halogens is 2. The average Bonchev–Trinajstić information content (AvgIpc) is 3.23. The summed E-state index contributed by atoms with van der Waals surface area (Å²) in [6, 6.07) is 5.16. The summed E-state index contributed by atoms with van der Waals surface area (Å²) in [6.07, 6.45) is 3.40. The van der Waals surface area contributed by atoms with E-state index < -0.39 is 0 Å². The Morgan fingerprint density at radius 1 is 1.00 bits per heavy atom. The molecule has 2 unspecified atom stereocenters. The van der Waals surface area contributed by atoms with Gasteiger partial charge in [0.25, 0.3) is 5.69 Å². The molecule has 1 aromatic rings. The molecular weight excluding hydrogens is 337 g/mol. The van der Waals surface area contributed by atoms with Gasteiger partial charge in [-0.25, -0.2) is 0 Å². The predicted molar refractivity (Wildman–Crippen MR) is 93.4 cm³/mol. The first-order valence-electron chi connectivity index (χ1n) is 7.63. The zero-order chi connectivity index (χ0) is 16.4. The molecule has 0 spiro atoms.